The van der Waals surface area contributed by atoms with Crippen LogP contribution in [-0.4, -0.2) is 44.5 Å². The monoisotopic (exact) mass is 492 g/mol. The third-order valence-corrected chi connectivity index (χ3v) is 7.17. The number of ether oxygens (including phenoxy) is 2. The van der Waals surface area contributed by atoms with Crippen molar-refractivity contribution in [1.29, 1.82) is 0 Å². The Morgan fingerprint density at radius 1 is 1.21 bits per heavy atom. The Morgan fingerprint density at radius 2 is 2.03 bits per heavy atom. The first-order chi connectivity index (χ1) is 16.5. The van der Waals surface area contributed by atoms with E-state index in [1.165, 1.54) is 17.8 Å². The van der Waals surface area contributed by atoms with Gasteiger partial charge < -0.3 is 19.7 Å². The van der Waals surface area contributed by atoms with E-state index in [0.29, 0.717) is 5.88 Å². The number of aromatic nitrogens is 2. The molecular formula is C25H33ClN2O6. The summed E-state index contributed by atoms with van der Waals surface area (Å²) in [4.78, 5) is 26.2. The number of benzene rings is 1. The van der Waals surface area contributed by atoms with Gasteiger partial charge in [-0.25, -0.2) is 4.79 Å². The van der Waals surface area contributed by atoms with Crippen molar-refractivity contribution in [2.75, 3.05) is 12.5 Å². The molecule has 1 saturated heterocycles. The predicted octanol–water partition coefficient (Wildman–Crippen LogP) is 2.51. The number of H-pyrrole nitrogens is 1. The van der Waals surface area contributed by atoms with Crippen LogP contribution in [0.15, 0.2) is 34.0 Å². The average molecular weight is 493 g/mol. The number of alkyl halides is 1. The van der Waals surface area contributed by atoms with Gasteiger partial charge in [0.2, 0.25) is 0 Å². The number of fused-ring (bicyclic) bond motifs is 2. The van der Waals surface area contributed by atoms with Crippen LogP contribution < -0.4 is 11.2 Å². The number of aryl methyl sites for hydroxylation is 2. The van der Waals surface area contributed by atoms with Gasteiger partial charge in [0.1, 0.15) is 12.2 Å². The zero-order valence-corrected chi connectivity index (χ0v) is 20.2. The smallest absolute Gasteiger partial charge is 0.330 e. The first-order valence-corrected chi connectivity index (χ1v) is 12.6. The molecule has 0 unspecified atom stereocenters. The molecule has 8 nitrogen and oxygen atoms in total. The number of halogens is 1. The molecule has 34 heavy (non-hydrogen) atoms. The molecular weight excluding hydrogens is 460 g/mol. The molecule has 0 radical (unpaired) electrons. The Labute approximate surface area is 203 Å². The molecule has 2 aromatic rings. The normalized spacial score (nSPS) is 25.8. The molecule has 1 aromatic heterocycles. The molecule has 3 N–H and O–H groups in total. The molecule has 0 aliphatic carbocycles. The minimum absolute atomic E-state index is 0.274. The Balaban J connectivity index is 1.77. The summed E-state index contributed by atoms with van der Waals surface area (Å²) in [7, 11) is 0. The third kappa shape index (κ3) is 4.50. The van der Waals surface area contributed by atoms with E-state index in [2.05, 4.69) is 24.0 Å². The van der Waals surface area contributed by atoms with Gasteiger partial charge in [0.15, 0.2) is 11.8 Å². The van der Waals surface area contributed by atoms with Crippen molar-refractivity contribution in [3.63, 3.8) is 0 Å². The van der Waals surface area contributed by atoms with Gasteiger partial charge in [-0.1, -0.05) is 38.3 Å². The van der Waals surface area contributed by atoms with E-state index in [4.69, 9.17) is 21.1 Å². The van der Waals surface area contributed by atoms with Gasteiger partial charge in [0.05, 0.1) is 13.2 Å². The van der Waals surface area contributed by atoms with Crippen LogP contribution in [-0.2, 0) is 34.5 Å². The van der Waals surface area contributed by atoms with E-state index >= 15 is 0 Å². The first-order valence-electron chi connectivity index (χ1n) is 12.1. The highest BCUT2D eigenvalue weighted by Gasteiger charge is 2.62. The number of nitrogens with one attached hydrogen (secondary N) is 1. The fourth-order valence-electron chi connectivity index (χ4n) is 5.34. The van der Waals surface area contributed by atoms with Gasteiger partial charge >= 0.3 is 5.69 Å². The minimum Gasteiger partial charge on any atom is -0.394 e. The summed E-state index contributed by atoms with van der Waals surface area (Å²) in [5.74, 6) is 0.581. The van der Waals surface area contributed by atoms with Crippen LogP contribution in [0.25, 0.3) is 0 Å². The number of hydrogen-bond acceptors (Lipinski definition) is 6. The van der Waals surface area contributed by atoms with Crippen LogP contribution in [0.2, 0.25) is 0 Å². The second-order valence-electron chi connectivity index (χ2n) is 9.13. The highest BCUT2D eigenvalue weighted by Crippen LogP contribution is 2.52. The second-order valence-corrected chi connectivity index (χ2v) is 9.51. The molecule has 9 heteroatoms. The lowest BCUT2D eigenvalue weighted by molar-refractivity contribution is -0.135. The Hall–Kier alpha value is -1.97. The van der Waals surface area contributed by atoms with E-state index < -0.39 is 41.9 Å². The second kappa shape index (κ2) is 10.7. The molecule has 186 valence electrons. The summed E-state index contributed by atoms with van der Waals surface area (Å²) in [6, 6.07) is 5.45. The van der Waals surface area contributed by atoms with E-state index in [1.807, 2.05) is 0 Å². The first kappa shape index (κ1) is 25.1. The van der Waals surface area contributed by atoms with Gasteiger partial charge in [0, 0.05) is 18.1 Å². The molecule has 0 saturated carbocycles. The largest absolute Gasteiger partial charge is 0.394 e. The molecule has 0 amide bonds. The molecule has 1 spiro atoms. The fourth-order valence-corrected chi connectivity index (χ4v) is 5.47. The van der Waals surface area contributed by atoms with Crippen molar-refractivity contribution in [2.24, 2.45) is 0 Å². The van der Waals surface area contributed by atoms with E-state index in [0.717, 1.165) is 66.2 Å². The van der Waals surface area contributed by atoms with Gasteiger partial charge in [-0.05, 0) is 47.9 Å². The van der Waals surface area contributed by atoms with Crippen LogP contribution in [0.3, 0.4) is 0 Å². The lowest BCUT2D eigenvalue weighted by atomic mass is 9.79. The van der Waals surface area contributed by atoms with Crippen LogP contribution in [0.4, 0.5) is 0 Å². The van der Waals surface area contributed by atoms with Gasteiger partial charge in [-0.15, -0.1) is 11.6 Å². The summed E-state index contributed by atoms with van der Waals surface area (Å²) >= 11 is 5.93. The highest BCUT2D eigenvalue weighted by atomic mass is 35.5. The molecule has 0 bridgehead atoms. The maximum atomic E-state index is 12.4. The minimum atomic E-state index is -1.31. The molecule has 1 fully saturated rings. The number of aliphatic hydroxyl groups is 2. The molecule has 4 atom stereocenters. The van der Waals surface area contributed by atoms with Gasteiger partial charge in [-0.2, -0.15) is 0 Å². The Kier molecular flexibility index (Phi) is 7.94. The van der Waals surface area contributed by atoms with Crippen molar-refractivity contribution >= 4 is 11.6 Å². The lowest BCUT2D eigenvalue weighted by Gasteiger charge is -2.33. The number of unbranched alkanes of at least 4 members (excludes halogenated alkanes) is 3. The van der Waals surface area contributed by atoms with Crippen LogP contribution >= 0.6 is 11.6 Å². The number of rotatable bonds is 10. The van der Waals surface area contributed by atoms with Crippen molar-refractivity contribution < 1.29 is 19.7 Å². The maximum Gasteiger partial charge on any atom is 0.330 e. The average Bonchev–Trinajstić information content (AvgIpc) is 3.34. The summed E-state index contributed by atoms with van der Waals surface area (Å²) in [5, 5.41) is 21.8. The summed E-state index contributed by atoms with van der Waals surface area (Å²) in [6.07, 6.45) is 4.95. The van der Waals surface area contributed by atoms with E-state index in [9.17, 15) is 19.8 Å². The zero-order chi connectivity index (χ0) is 24.3. The molecule has 2 aliphatic rings. The molecule has 1 aromatic carbocycles. The lowest BCUT2D eigenvalue weighted by Crippen LogP contribution is -2.47. The SMILES string of the molecule is CCCCCCc1cc(CCCCl)cc2c1[C@@]1(OC2)[C@@H](CO)O[C@@H](n2ccc(=O)[nH]c2=O)[C@@H]1O. The van der Waals surface area contributed by atoms with Crippen LogP contribution in [0, 0.1) is 0 Å². The van der Waals surface area contributed by atoms with Crippen molar-refractivity contribution in [2.45, 2.75) is 82.5 Å². The quantitative estimate of drug-likeness (QED) is 0.347. The Morgan fingerprint density at radius 3 is 2.74 bits per heavy atom. The summed E-state index contributed by atoms with van der Waals surface area (Å²) < 4.78 is 13.4. The van der Waals surface area contributed by atoms with Crippen molar-refractivity contribution in [1.82, 2.24) is 9.55 Å². The van der Waals surface area contributed by atoms with Crippen molar-refractivity contribution in [3.05, 3.63) is 67.5 Å². The number of aliphatic hydroxyl groups excluding tert-OH is 2. The maximum absolute atomic E-state index is 12.4. The topological polar surface area (TPSA) is 114 Å². The third-order valence-electron chi connectivity index (χ3n) is 6.90. The summed E-state index contributed by atoms with van der Waals surface area (Å²) in [5.41, 5.74) is 1.52. The molecule has 3 heterocycles. The number of hydrogen-bond donors (Lipinski definition) is 3. The van der Waals surface area contributed by atoms with Crippen LogP contribution in [0.1, 0.15) is 67.5 Å². The van der Waals surface area contributed by atoms with E-state index in [-0.39, 0.29) is 6.61 Å². The molecule has 2 aliphatic heterocycles. The predicted molar refractivity (Wildman–Crippen MR) is 128 cm³/mol. The highest BCUT2D eigenvalue weighted by molar-refractivity contribution is 6.17. The molecule has 4 rings (SSSR count). The van der Waals surface area contributed by atoms with Crippen LogP contribution in [0.5, 0.6) is 0 Å². The van der Waals surface area contributed by atoms with Gasteiger partial charge in [-0.3, -0.25) is 14.3 Å². The van der Waals surface area contributed by atoms with Crippen molar-refractivity contribution in [3.8, 4) is 0 Å². The number of aromatic amines is 1. The Bertz CT molecular complexity index is 1120. The fraction of sp³-hybridized carbons (Fsp3) is 0.600. The zero-order valence-electron chi connectivity index (χ0n) is 19.5. The number of nitrogens with zero attached hydrogens (tertiary/aromatic N) is 1. The van der Waals surface area contributed by atoms with E-state index in [1.54, 1.807) is 0 Å². The summed E-state index contributed by atoms with van der Waals surface area (Å²) in [6.45, 7) is 2.05. The van der Waals surface area contributed by atoms with Gasteiger partial charge in [0.25, 0.3) is 5.56 Å². The standard InChI is InChI=1S/C25H33ClN2O6/c1-2-3-4-5-8-17-12-16(7-6-10-26)13-18-15-33-25(21(17)18)19(14-29)34-23(22(25)31)28-11-9-20(30)27-24(28)32/h9,11-13,19,22-23,29,31H,2-8,10,14-15H2,1H3,(H,27,30,32)/t19-,22+,23-,25+/m1/s1.